The summed E-state index contributed by atoms with van der Waals surface area (Å²) >= 11 is 17.6. The first-order valence-electron chi connectivity index (χ1n) is 5.97. The number of benzene rings is 1. The van der Waals surface area contributed by atoms with E-state index in [4.69, 9.17) is 39.5 Å². The standard InChI is InChI=1S/C13H18Cl3NO/c1-2-17(6-8-18-7-5-14)10-11-3-4-12(15)9-13(11)16/h3-4,9H,2,5-8,10H2,1H3. The summed E-state index contributed by atoms with van der Waals surface area (Å²) in [4.78, 5) is 2.27. The molecule has 102 valence electrons. The van der Waals surface area contributed by atoms with Gasteiger partial charge in [0.2, 0.25) is 0 Å². The summed E-state index contributed by atoms with van der Waals surface area (Å²) in [5, 5.41) is 1.37. The number of halogens is 3. The van der Waals surface area contributed by atoms with Crippen molar-refractivity contribution in [3.8, 4) is 0 Å². The minimum Gasteiger partial charge on any atom is -0.379 e. The van der Waals surface area contributed by atoms with Crippen molar-refractivity contribution in [1.82, 2.24) is 4.90 Å². The Bertz CT molecular complexity index is 360. The molecule has 1 aromatic rings. The highest BCUT2D eigenvalue weighted by molar-refractivity contribution is 6.35. The average Bonchev–Trinajstić information content (AvgIpc) is 2.35. The monoisotopic (exact) mass is 309 g/mol. The second-order valence-electron chi connectivity index (χ2n) is 3.91. The van der Waals surface area contributed by atoms with Crippen LogP contribution in [-0.2, 0) is 11.3 Å². The molecule has 0 spiro atoms. The Balaban J connectivity index is 2.46. The van der Waals surface area contributed by atoms with E-state index >= 15 is 0 Å². The van der Waals surface area contributed by atoms with Crippen LogP contribution in [0.5, 0.6) is 0 Å². The Kier molecular flexibility index (Phi) is 8.03. The van der Waals surface area contributed by atoms with E-state index in [1.165, 1.54) is 0 Å². The summed E-state index contributed by atoms with van der Waals surface area (Å²) in [6.45, 7) is 6.02. The van der Waals surface area contributed by atoms with Gasteiger partial charge in [-0.3, -0.25) is 4.90 Å². The molecule has 2 nitrogen and oxygen atoms in total. The van der Waals surface area contributed by atoms with Gasteiger partial charge in [-0.25, -0.2) is 0 Å². The maximum absolute atomic E-state index is 6.15. The molecule has 18 heavy (non-hydrogen) atoms. The second kappa shape index (κ2) is 9.00. The van der Waals surface area contributed by atoms with Gasteiger partial charge in [-0.15, -0.1) is 11.6 Å². The van der Waals surface area contributed by atoms with Crippen LogP contribution in [0.2, 0.25) is 10.0 Å². The van der Waals surface area contributed by atoms with Crippen molar-refractivity contribution < 1.29 is 4.74 Å². The molecule has 0 fully saturated rings. The third kappa shape index (κ3) is 5.77. The van der Waals surface area contributed by atoms with Crippen molar-refractivity contribution in [2.24, 2.45) is 0 Å². The van der Waals surface area contributed by atoms with Crippen LogP contribution in [0.15, 0.2) is 18.2 Å². The second-order valence-corrected chi connectivity index (χ2v) is 5.13. The van der Waals surface area contributed by atoms with Gasteiger partial charge in [-0.05, 0) is 24.2 Å². The van der Waals surface area contributed by atoms with Crippen LogP contribution in [-0.4, -0.2) is 37.1 Å². The molecule has 0 saturated heterocycles. The smallest absolute Gasteiger partial charge is 0.0602 e. The number of hydrogen-bond acceptors (Lipinski definition) is 2. The van der Waals surface area contributed by atoms with E-state index in [-0.39, 0.29) is 0 Å². The lowest BCUT2D eigenvalue weighted by atomic mass is 10.2. The van der Waals surface area contributed by atoms with Crippen LogP contribution < -0.4 is 0 Å². The zero-order chi connectivity index (χ0) is 13.4. The van der Waals surface area contributed by atoms with E-state index in [0.717, 1.165) is 25.2 Å². The van der Waals surface area contributed by atoms with Crippen molar-refractivity contribution >= 4 is 34.8 Å². The molecule has 0 bridgehead atoms. The fourth-order valence-corrected chi connectivity index (χ4v) is 2.17. The number of ether oxygens (including phenoxy) is 1. The highest BCUT2D eigenvalue weighted by Crippen LogP contribution is 2.22. The molecule has 0 saturated carbocycles. The molecule has 1 aromatic carbocycles. The molecule has 0 N–H and O–H groups in total. The number of likely N-dealkylation sites (N-methyl/N-ethyl adjacent to an activating group) is 1. The third-order valence-corrected chi connectivity index (χ3v) is 3.37. The molecular weight excluding hydrogens is 293 g/mol. The summed E-state index contributed by atoms with van der Waals surface area (Å²) < 4.78 is 5.37. The predicted octanol–water partition coefficient (Wildman–Crippen LogP) is 4.07. The first-order chi connectivity index (χ1) is 8.67. The maximum atomic E-state index is 6.15. The third-order valence-electron chi connectivity index (χ3n) is 2.63. The first-order valence-corrected chi connectivity index (χ1v) is 7.26. The summed E-state index contributed by atoms with van der Waals surface area (Å²) in [7, 11) is 0. The van der Waals surface area contributed by atoms with Gasteiger partial charge in [0.05, 0.1) is 13.2 Å². The van der Waals surface area contributed by atoms with Crippen molar-refractivity contribution in [2.45, 2.75) is 13.5 Å². The first kappa shape index (κ1) is 16.1. The van der Waals surface area contributed by atoms with E-state index in [1.807, 2.05) is 12.1 Å². The van der Waals surface area contributed by atoms with Crippen LogP contribution in [0.3, 0.4) is 0 Å². The molecule has 0 heterocycles. The molecule has 5 heteroatoms. The highest BCUT2D eigenvalue weighted by Gasteiger charge is 2.07. The lowest BCUT2D eigenvalue weighted by Crippen LogP contribution is -2.27. The Labute approximate surface area is 124 Å². The molecule has 0 aliphatic carbocycles. The summed E-state index contributed by atoms with van der Waals surface area (Å²) in [5.41, 5.74) is 1.08. The lowest BCUT2D eigenvalue weighted by molar-refractivity contribution is 0.114. The fourth-order valence-electron chi connectivity index (χ4n) is 1.59. The van der Waals surface area contributed by atoms with Gasteiger partial charge in [0.1, 0.15) is 0 Å². The van der Waals surface area contributed by atoms with E-state index in [1.54, 1.807) is 6.07 Å². The summed E-state index contributed by atoms with van der Waals surface area (Å²) in [6, 6.07) is 5.60. The van der Waals surface area contributed by atoms with Gasteiger partial charge >= 0.3 is 0 Å². The molecule has 0 radical (unpaired) electrons. The van der Waals surface area contributed by atoms with E-state index in [0.29, 0.717) is 29.1 Å². The van der Waals surface area contributed by atoms with Crippen LogP contribution in [0.4, 0.5) is 0 Å². The number of rotatable bonds is 8. The quantitative estimate of drug-likeness (QED) is 0.530. The van der Waals surface area contributed by atoms with Crippen molar-refractivity contribution in [3.63, 3.8) is 0 Å². The van der Waals surface area contributed by atoms with Crippen LogP contribution >= 0.6 is 34.8 Å². The van der Waals surface area contributed by atoms with Gasteiger partial charge in [-0.2, -0.15) is 0 Å². The molecule has 0 aromatic heterocycles. The minimum absolute atomic E-state index is 0.537. The molecular formula is C13H18Cl3NO. The van der Waals surface area contributed by atoms with E-state index in [9.17, 15) is 0 Å². The Morgan fingerprint density at radius 1 is 1.22 bits per heavy atom. The molecule has 1 rings (SSSR count). The largest absolute Gasteiger partial charge is 0.379 e. The van der Waals surface area contributed by atoms with Gasteiger partial charge in [0.25, 0.3) is 0 Å². The van der Waals surface area contributed by atoms with Crippen LogP contribution in [0.1, 0.15) is 12.5 Å². The van der Waals surface area contributed by atoms with Crippen molar-refractivity contribution in [1.29, 1.82) is 0 Å². The number of alkyl halides is 1. The molecule has 0 amide bonds. The van der Waals surface area contributed by atoms with Gasteiger partial charge in [-0.1, -0.05) is 36.2 Å². The highest BCUT2D eigenvalue weighted by atomic mass is 35.5. The molecule has 0 aliphatic heterocycles. The van der Waals surface area contributed by atoms with Crippen LogP contribution in [0, 0.1) is 0 Å². The zero-order valence-corrected chi connectivity index (χ0v) is 12.7. The van der Waals surface area contributed by atoms with Gasteiger partial charge < -0.3 is 4.74 Å². The zero-order valence-electron chi connectivity index (χ0n) is 10.5. The Morgan fingerprint density at radius 3 is 2.61 bits per heavy atom. The van der Waals surface area contributed by atoms with E-state index < -0.39 is 0 Å². The van der Waals surface area contributed by atoms with Crippen molar-refractivity contribution in [3.05, 3.63) is 33.8 Å². The Hall–Kier alpha value is 0.01000. The fraction of sp³-hybridized carbons (Fsp3) is 0.538. The minimum atomic E-state index is 0.537. The topological polar surface area (TPSA) is 12.5 Å². The maximum Gasteiger partial charge on any atom is 0.0602 e. The Morgan fingerprint density at radius 2 is 2.00 bits per heavy atom. The van der Waals surface area contributed by atoms with Crippen molar-refractivity contribution in [2.75, 3.05) is 32.2 Å². The van der Waals surface area contributed by atoms with E-state index in [2.05, 4.69) is 11.8 Å². The summed E-state index contributed by atoms with van der Waals surface area (Å²) in [6.07, 6.45) is 0. The molecule has 0 aliphatic rings. The van der Waals surface area contributed by atoms with Gasteiger partial charge in [0.15, 0.2) is 0 Å². The normalized spacial score (nSPS) is 11.2. The van der Waals surface area contributed by atoms with Crippen LogP contribution in [0.25, 0.3) is 0 Å². The van der Waals surface area contributed by atoms with Gasteiger partial charge in [0, 0.05) is 29.0 Å². The number of hydrogen-bond donors (Lipinski definition) is 0. The molecule has 0 unspecified atom stereocenters. The predicted molar refractivity (Wildman–Crippen MR) is 79.0 cm³/mol. The number of nitrogens with zero attached hydrogens (tertiary/aromatic N) is 1. The molecule has 0 atom stereocenters. The lowest BCUT2D eigenvalue weighted by Gasteiger charge is -2.21. The SMILES string of the molecule is CCN(CCOCCCl)Cc1ccc(Cl)cc1Cl. The summed E-state index contributed by atoms with van der Waals surface area (Å²) in [5.74, 6) is 0.537. The average molecular weight is 311 g/mol.